The number of allylic oxidation sites excluding steroid dienone is 2. The van der Waals surface area contributed by atoms with Gasteiger partial charge in [-0.1, -0.05) is 43.7 Å². The number of anilines is 1. The van der Waals surface area contributed by atoms with Crippen LogP contribution >= 0.6 is 0 Å². The molecule has 1 aromatic rings. The first-order chi connectivity index (χ1) is 8.69. The zero-order valence-electron chi connectivity index (χ0n) is 11.9. The number of aryl methyl sites for hydroxylation is 1. The molecule has 0 saturated carbocycles. The van der Waals surface area contributed by atoms with E-state index in [1.165, 1.54) is 24.1 Å². The van der Waals surface area contributed by atoms with Crippen molar-refractivity contribution in [2.75, 3.05) is 11.9 Å². The van der Waals surface area contributed by atoms with Crippen LogP contribution in [0.3, 0.4) is 0 Å². The van der Waals surface area contributed by atoms with Crippen LogP contribution in [0.2, 0.25) is 0 Å². The zero-order valence-corrected chi connectivity index (χ0v) is 11.9. The predicted octanol–water partition coefficient (Wildman–Crippen LogP) is 4.65. The summed E-state index contributed by atoms with van der Waals surface area (Å²) in [6.07, 6.45) is 6.10. The lowest BCUT2D eigenvalue weighted by Gasteiger charge is -2.26. The maximum absolute atomic E-state index is 3.65. The molecule has 0 heterocycles. The van der Waals surface area contributed by atoms with Gasteiger partial charge < -0.3 is 5.32 Å². The third-order valence-corrected chi connectivity index (χ3v) is 3.86. The summed E-state index contributed by atoms with van der Waals surface area (Å²) in [6.45, 7) is 7.92. The summed E-state index contributed by atoms with van der Waals surface area (Å²) in [5, 5.41) is 3.65. The highest BCUT2D eigenvalue weighted by Gasteiger charge is 2.17. The Morgan fingerprint density at radius 2 is 2.06 bits per heavy atom. The van der Waals surface area contributed by atoms with E-state index in [0.717, 1.165) is 24.8 Å². The van der Waals surface area contributed by atoms with Gasteiger partial charge in [0.05, 0.1) is 0 Å². The van der Waals surface area contributed by atoms with E-state index in [2.05, 4.69) is 56.4 Å². The summed E-state index contributed by atoms with van der Waals surface area (Å²) in [6, 6.07) is 8.67. The highest BCUT2D eigenvalue weighted by molar-refractivity contribution is 5.51. The van der Waals surface area contributed by atoms with Crippen molar-refractivity contribution in [3.8, 4) is 0 Å². The SMILES string of the molecule is CCc1ccccc1NCC1CC(C)=CC(C)C1. The molecule has 0 fully saturated rings. The Balaban J connectivity index is 1.94. The Kier molecular flexibility index (Phi) is 4.46. The summed E-state index contributed by atoms with van der Waals surface area (Å²) in [5.41, 5.74) is 4.30. The monoisotopic (exact) mass is 243 g/mol. The van der Waals surface area contributed by atoms with Crippen LogP contribution in [0.5, 0.6) is 0 Å². The normalized spacial score (nSPS) is 23.6. The van der Waals surface area contributed by atoms with Crippen LogP contribution in [0.15, 0.2) is 35.9 Å². The van der Waals surface area contributed by atoms with E-state index in [9.17, 15) is 0 Å². The van der Waals surface area contributed by atoms with Crippen molar-refractivity contribution < 1.29 is 0 Å². The smallest absolute Gasteiger partial charge is 0.0372 e. The third kappa shape index (κ3) is 3.38. The molecule has 0 saturated heterocycles. The molecule has 1 aliphatic rings. The van der Waals surface area contributed by atoms with Crippen molar-refractivity contribution in [1.29, 1.82) is 0 Å². The lowest BCUT2D eigenvalue weighted by molar-refractivity contribution is 0.421. The van der Waals surface area contributed by atoms with Crippen molar-refractivity contribution in [2.24, 2.45) is 11.8 Å². The van der Waals surface area contributed by atoms with E-state index in [4.69, 9.17) is 0 Å². The maximum Gasteiger partial charge on any atom is 0.0372 e. The molecule has 1 aromatic carbocycles. The summed E-state index contributed by atoms with van der Waals surface area (Å²) >= 11 is 0. The summed E-state index contributed by atoms with van der Waals surface area (Å²) in [7, 11) is 0. The van der Waals surface area contributed by atoms with E-state index in [1.807, 2.05) is 0 Å². The Morgan fingerprint density at radius 1 is 1.28 bits per heavy atom. The van der Waals surface area contributed by atoms with Gasteiger partial charge in [0.2, 0.25) is 0 Å². The predicted molar refractivity (Wildman–Crippen MR) is 80.0 cm³/mol. The molecule has 1 nitrogen and oxygen atoms in total. The van der Waals surface area contributed by atoms with E-state index < -0.39 is 0 Å². The van der Waals surface area contributed by atoms with Crippen molar-refractivity contribution in [3.05, 3.63) is 41.5 Å². The molecule has 1 heteroatoms. The minimum Gasteiger partial charge on any atom is -0.385 e. The first-order valence-corrected chi connectivity index (χ1v) is 7.18. The van der Waals surface area contributed by atoms with Crippen molar-refractivity contribution in [3.63, 3.8) is 0 Å². The van der Waals surface area contributed by atoms with Gasteiger partial charge in [0.15, 0.2) is 0 Å². The Morgan fingerprint density at radius 3 is 2.78 bits per heavy atom. The summed E-state index contributed by atoms with van der Waals surface area (Å²) in [5.74, 6) is 1.53. The average Bonchev–Trinajstić information content (AvgIpc) is 2.35. The molecular weight excluding hydrogens is 218 g/mol. The fourth-order valence-corrected chi connectivity index (χ4v) is 3.10. The fourth-order valence-electron chi connectivity index (χ4n) is 3.10. The molecule has 0 aliphatic heterocycles. The number of hydrogen-bond donors (Lipinski definition) is 1. The average molecular weight is 243 g/mol. The van der Waals surface area contributed by atoms with Crippen LogP contribution in [0, 0.1) is 11.8 Å². The molecule has 2 unspecified atom stereocenters. The number of nitrogens with one attached hydrogen (secondary N) is 1. The standard InChI is InChI=1S/C17H25N/c1-4-16-7-5-6-8-17(16)18-12-15-10-13(2)9-14(3)11-15/h5-9,13,15,18H,4,10-12H2,1-3H3. The van der Waals surface area contributed by atoms with Gasteiger partial charge in [-0.05, 0) is 49.7 Å². The summed E-state index contributed by atoms with van der Waals surface area (Å²) < 4.78 is 0. The molecule has 2 atom stereocenters. The van der Waals surface area contributed by atoms with Crippen LogP contribution in [0.4, 0.5) is 5.69 Å². The lowest BCUT2D eigenvalue weighted by Crippen LogP contribution is -2.20. The zero-order chi connectivity index (χ0) is 13.0. The quantitative estimate of drug-likeness (QED) is 0.759. The fraction of sp³-hybridized carbons (Fsp3) is 0.529. The number of benzene rings is 1. The first kappa shape index (κ1) is 13.2. The lowest BCUT2D eigenvalue weighted by atomic mass is 9.83. The highest BCUT2D eigenvalue weighted by Crippen LogP contribution is 2.28. The van der Waals surface area contributed by atoms with Gasteiger partial charge in [-0.15, -0.1) is 0 Å². The maximum atomic E-state index is 3.65. The minimum absolute atomic E-state index is 0.743. The Labute approximate surface area is 111 Å². The molecule has 1 aliphatic carbocycles. The molecule has 0 aromatic heterocycles. The van der Waals surface area contributed by atoms with Crippen LogP contribution in [0.25, 0.3) is 0 Å². The third-order valence-electron chi connectivity index (χ3n) is 3.86. The second-order valence-corrected chi connectivity index (χ2v) is 5.69. The molecular formula is C17H25N. The van der Waals surface area contributed by atoms with Gasteiger partial charge in [-0.25, -0.2) is 0 Å². The molecule has 98 valence electrons. The molecule has 2 rings (SSSR count). The van der Waals surface area contributed by atoms with Crippen LogP contribution in [0.1, 0.15) is 39.2 Å². The highest BCUT2D eigenvalue weighted by atomic mass is 14.9. The van der Waals surface area contributed by atoms with Crippen molar-refractivity contribution >= 4 is 5.69 Å². The Hall–Kier alpha value is -1.24. The van der Waals surface area contributed by atoms with E-state index in [1.54, 1.807) is 5.57 Å². The van der Waals surface area contributed by atoms with Gasteiger partial charge in [0.1, 0.15) is 0 Å². The van der Waals surface area contributed by atoms with E-state index in [-0.39, 0.29) is 0 Å². The number of hydrogen-bond acceptors (Lipinski definition) is 1. The van der Waals surface area contributed by atoms with Crippen molar-refractivity contribution in [2.45, 2.75) is 40.0 Å². The van der Waals surface area contributed by atoms with Gasteiger partial charge in [-0.3, -0.25) is 0 Å². The number of para-hydroxylation sites is 1. The molecule has 1 N–H and O–H groups in total. The second-order valence-electron chi connectivity index (χ2n) is 5.69. The molecule has 0 amide bonds. The molecule has 18 heavy (non-hydrogen) atoms. The van der Waals surface area contributed by atoms with E-state index >= 15 is 0 Å². The molecule has 0 spiro atoms. The van der Waals surface area contributed by atoms with Crippen LogP contribution in [-0.2, 0) is 6.42 Å². The molecule has 0 bridgehead atoms. The van der Waals surface area contributed by atoms with Gasteiger partial charge >= 0.3 is 0 Å². The molecule has 0 radical (unpaired) electrons. The minimum atomic E-state index is 0.743. The van der Waals surface area contributed by atoms with Crippen molar-refractivity contribution in [1.82, 2.24) is 0 Å². The summed E-state index contributed by atoms with van der Waals surface area (Å²) in [4.78, 5) is 0. The van der Waals surface area contributed by atoms with Crippen LogP contribution < -0.4 is 5.32 Å². The first-order valence-electron chi connectivity index (χ1n) is 7.18. The largest absolute Gasteiger partial charge is 0.385 e. The second kappa shape index (κ2) is 6.08. The number of rotatable bonds is 4. The van der Waals surface area contributed by atoms with Gasteiger partial charge in [0, 0.05) is 12.2 Å². The van der Waals surface area contributed by atoms with Gasteiger partial charge in [-0.2, -0.15) is 0 Å². The van der Waals surface area contributed by atoms with Crippen LogP contribution in [-0.4, -0.2) is 6.54 Å². The van der Waals surface area contributed by atoms with E-state index in [0.29, 0.717) is 0 Å². The van der Waals surface area contributed by atoms with Gasteiger partial charge in [0.25, 0.3) is 0 Å². The Bertz CT molecular complexity index is 419. The topological polar surface area (TPSA) is 12.0 Å².